The molecule has 0 aliphatic carbocycles. The van der Waals surface area contributed by atoms with E-state index in [1.165, 1.54) is 148 Å². The van der Waals surface area contributed by atoms with E-state index < -0.39 is 0 Å². The fourth-order valence-electron chi connectivity index (χ4n) is 5.55. The summed E-state index contributed by atoms with van der Waals surface area (Å²) in [7, 11) is 0. The van der Waals surface area contributed by atoms with Gasteiger partial charge in [-0.1, -0.05) is 175 Å². The Labute approximate surface area is 217 Å². The summed E-state index contributed by atoms with van der Waals surface area (Å²) >= 11 is 0. The molecule has 0 spiro atoms. The van der Waals surface area contributed by atoms with Crippen molar-refractivity contribution in [1.29, 1.82) is 5.26 Å². The van der Waals surface area contributed by atoms with Crippen LogP contribution in [0.2, 0.25) is 0 Å². The highest BCUT2D eigenvalue weighted by Crippen LogP contribution is 2.23. The minimum Gasteiger partial charge on any atom is -0.198 e. The Kier molecular flexibility index (Phi) is 26.7. The molecule has 0 aromatic rings. The zero-order valence-electron chi connectivity index (χ0n) is 24.4. The van der Waals surface area contributed by atoms with Gasteiger partial charge in [-0.15, -0.1) is 0 Å². The molecule has 0 aromatic carbocycles. The molecule has 0 radical (unpaired) electrons. The first-order chi connectivity index (χ1) is 16.6. The Balaban J connectivity index is 3.27. The van der Waals surface area contributed by atoms with Gasteiger partial charge in [-0.05, 0) is 24.2 Å². The smallest absolute Gasteiger partial charge is 0.0621 e. The highest BCUT2D eigenvalue weighted by molar-refractivity contribution is 4.67. The first-order valence-electron chi connectivity index (χ1n) is 16.0. The van der Waals surface area contributed by atoms with Crippen molar-refractivity contribution in [2.75, 3.05) is 0 Å². The van der Waals surface area contributed by atoms with Gasteiger partial charge in [0.25, 0.3) is 0 Å². The van der Waals surface area contributed by atoms with E-state index >= 15 is 0 Å². The van der Waals surface area contributed by atoms with Crippen LogP contribution >= 0.6 is 0 Å². The van der Waals surface area contributed by atoms with Crippen molar-refractivity contribution in [3.63, 3.8) is 0 Å². The zero-order valence-corrected chi connectivity index (χ0v) is 24.4. The standard InChI is InChI=1S/C33H65N/c1-5-24-31(2)26-22-28-33(4)29-23-27-32(3)25-20-18-16-14-12-10-8-6-7-9-11-13-15-17-19-21-30-34/h31-33H,5-29H2,1-4H3. The second-order valence-electron chi connectivity index (χ2n) is 12.0. The third kappa shape index (κ3) is 26.1. The van der Waals surface area contributed by atoms with Crippen LogP contribution in [0.15, 0.2) is 0 Å². The van der Waals surface area contributed by atoms with Crippen LogP contribution < -0.4 is 0 Å². The van der Waals surface area contributed by atoms with Gasteiger partial charge in [0.2, 0.25) is 0 Å². The van der Waals surface area contributed by atoms with E-state index in [1.807, 2.05) is 0 Å². The van der Waals surface area contributed by atoms with Crippen molar-refractivity contribution in [1.82, 2.24) is 0 Å². The predicted octanol–water partition coefficient (Wildman–Crippen LogP) is 12.2. The summed E-state index contributed by atoms with van der Waals surface area (Å²) in [6.07, 6.45) is 34.7. The molecule has 0 saturated carbocycles. The highest BCUT2D eigenvalue weighted by atomic mass is 14.2. The van der Waals surface area contributed by atoms with Crippen LogP contribution in [-0.4, -0.2) is 0 Å². The lowest BCUT2D eigenvalue weighted by Crippen LogP contribution is -2.01. The fraction of sp³-hybridized carbons (Fsp3) is 0.970. The SMILES string of the molecule is CCCC(C)CCCC(C)CCCC(C)CCCCCCCCCCCCCCCCCC#N. The molecule has 0 heterocycles. The van der Waals surface area contributed by atoms with Gasteiger partial charge in [0.05, 0.1) is 6.07 Å². The normalized spacial score (nSPS) is 14.1. The van der Waals surface area contributed by atoms with Crippen molar-refractivity contribution in [2.24, 2.45) is 17.8 Å². The van der Waals surface area contributed by atoms with Crippen LogP contribution in [0, 0.1) is 29.1 Å². The molecule has 0 fully saturated rings. The monoisotopic (exact) mass is 476 g/mol. The van der Waals surface area contributed by atoms with Crippen molar-refractivity contribution in [2.45, 2.75) is 188 Å². The molecule has 0 bridgehead atoms. The molecule has 0 aliphatic rings. The molecule has 0 N–H and O–H groups in total. The number of nitrogens with zero attached hydrogens (tertiary/aromatic N) is 1. The molecule has 1 nitrogen and oxygen atoms in total. The minimum atomic E-state index is 0.747. The Morgan fingerprint density at radius 2 is 0.706 bits per heavy atom. The lowest BCUT2D eigenvalue weighted by atomic mass is 9.91. The second kappa shape index (κ2) is 27.1. The summed E-state index contributed by atoms with van der Waals surface area (Å²) in [4.78, 5) is 0. The van der Waals surface area contributed by atoms with Crippen LogP contribution in [0.1, 0.15) is 188 Å². The Morgan fingerprint density at radius 1 is 0.412 bits per heavy atom. The van der Waals surface area contributed by atoms with E-state index in [-0.39, 0.29) is 0 Å². The lowest BCUT2D eigenvalue weighted by molar-refractivity contribution is 0.377. The van der Waals surface area contributed by atoms with E-state index in [2.05, 4.69) is 33.8 Å². The van der Waals surface area contributed by atoms with Crippen LogP contribution in [0.5, 0.6) is 0 Å². The number of unbranched alkanes of at least 4 members (excludes halogenated alkanes) is 15. The maximum Gasteiger partial charge on any atom is 0.0621 e. The predicted molar refractivity (Wildman–Crippen MR) is 154 cm³/mol. The average molecular weight is 476 g/mol. The second-order valence-corrected chi connectivity index (χ2v) is 12.0. The number of hydrogen-bond acceptors (Lipinski definition) is 1. The molecule has 0 aromatic heterocycles. The molecule has 3 atom stereocenters. The van der Waals surface area contributed by atoms with Crippen LogP contribution in [0.4, 0.5) is 0 Å². The first kappa shape index (κ1) is 33.5. The molecule has 34 heavy (non-hydrogen) atoms. The van der Waals surface area contributed by atoms with Gasteiger partial charge in [-0.25, -0.2) is 0 Å². The topological polar surface area (TPSA) is 23.8 Å². The van der Waals surface area contributed by atoms with Gasteiger partial charge in [-0.2, -0.15) is 5.26 Å². The summed E-state index contributed by atoms with van der Waals surface area (Å²) in [6, 6.07) is 2.24. The maximum absolute atomic E-state index is 8.53. The molecule has 1 heteroatoms. The minimum absolute atomic E-state index is 0.747. The molecule has 0 aliphatic heterocycles. The van der Waals surface area contributed by atoms with E-state index in [9.17, 15) is 0 Å². The van der Waals surface area contributed by atoms with Crippen LogP contribution in [-0.2, 0) is 0 Å². The van der Waals surface area contributed by atoms with Crippen molar-refractivity contribution >= 4 is 0 Å². The summed E-state index contributed by atoms with van der Waals surface area (Å²) in [6.45, 7) is 9.72. The summed E-state index contributed by atoms with van der Waals surface area (Å²) in [5.41, 5.74) is 0. The molecular formula is C33H65N. The first-order valence-corrected chi connectivity index (χ1v) is 16.0. The fourth-order valence-corrected chi connectivity index (χ4v) is 5.55. The molecule has 3 unspecified atom stereocenters. The Bertz CT molecular complexity index is 423. The van der Waals surface area contributed by atoms with E-state index in [0.717, 1.165) is 30.6 Å². The lowest BCUT2D eigenvalue weighted by Gasteiger charge is -2.15. The van der Waals surface area contributed by atoms with Crippen molar-refractivity contribution in [3.05, 3.63) is 0 Å². The third-order valence-electron chi connectivity index (χ3n) is 8.05. The summed E-state index contributed by atoms with van der Waals surface area (Å²) in [5.74, 6) is 2.82. The zero-order chi connectivity index (χ0) is 25.1. The van der Waals surface area contributed by atoms with Gasteiger partial charge in [-0.3, -0.25) is 0 Å². The largest absolute Gasteiger partial charge is 0.198 e. The number of hydrogen-bond donors (Lipinski definition) is 0. The van der Waals surface area contributed by atoms with Gasteiger partial charge < -0.3 is 0 Å². The molecule has 0 rings (SSSR count). The van der Waals surface area contributed by atoms with Gasteiger partial charge in [0.1, 0.15) is 0 Å². The third-order valence-corrected chi connectivity index (χ3v) is 8.05. The van der Waals surface area contributed by atoms with Gasteiger partial charge in [0, 0.05) is 6.42 Å². The van der Waals surface area contributed by atoms with Crippen LogP contribution in [0.3, 0.4) is 0 Å². The van der Waals surface area contributed by atoms with E-state index in [0.29, 0.717) is 0 Å². The van der Waals surface area contributed by atoms with Crippen molar-refractivity contribution < 1.29 is 0 Å². The Morgan fingerprint density at radius 3 is 1.06 bits per heavy atom. The summed E-state index contributed by atoms with van der Waals surface area (Å²) < 4.78 is 0. The number of rotatable bonds is 27. The molecular weight excluding hydrogens is 410 g/mol. The Hall–Kier alpha value is -0.510. The molecule has 0 saturated heterocycles. The van der Waals surface area contributed by atoms with Crippen molar-refractivity contribution in [3.8, 4) is 6.07 Å². The molecule has 202 valence electrons. The highest BCUT2D eigenvalue weighted by Gasteiger charge is 2.07. The average Bonchev–Trinajstić information content (AvgIpc) is 2.81. The summed E-state index contributed by atoms with van der Waals surface area (Å²) in [5, 5.41) is 8.53. The van der Waals surface area contributed by atoms with Gasteiger partial charge in [0.15, 0.2) is 0 Å². The van der Waals surface area contributed by atoms with Gasteiger partial charge >= 0.3 is 0 Å². The molecule has 0 amide bonds. The van der Waals surface area contributed by atoms with E-state index in [1.54, 1.807) is 0 Å². The quantitative estimate of drug-likeness (QED) is 0.108. The van der Waals surface area contributed by atoms with Crippen LogP contribution in [0.25, 0.3) is 0 Å². The number of nitriles is 1. The van der Waals surface area contributed by atoms with E-state index in [4.69, 9.17) is 5.26 Å². The maximum atomic E-state index is 8.53.